The molecular weight excluding hydrogens is 200 g/mol. The van der Waals surface area contributed by atoms with E-state index in [4.69, 9.17) is 16.3 Å². The molecule has 0 aromatic carbocycles. The van der Waals surface area contributed by atoms with Gasteiger partial charge in [-0.1, -0.05) is 29.8 Å². The third-order valence-corrected chi connectivity index (χ3v) is 4.38. The Balaban J connectivity index is 1.99. The van der Waals surface area contributed by atoms with E-state index in [1.165, 1.54) is 0 Å². The zero-order chi connectivity index (χ0) is 9.45. The first-order valence-electron chi connectivity index (χ1n) is 5.02. The van der Waals surface area contributed by atoms with Gasteiger partial charge >= 0.3 is 0 Å². The number of allylic oxidation sites excluding steroid dienone is 1. The largest absolute Gasteiger partial charge is 0.367 e. The molecule has 0 aromatic heterocycles. The highest BCUT2D eigenvalue weighted by molar-refractivity contribution is 6.31. The summed E-state index contributed by atoms with van der Waals surface area (Å²) in [4.78, 5) is 12.0. The smallest absolute Gasteiger partial charge is 0.147 e. The van der Waals surface area contributed by atoms with Crippen molar-refractivity contribution in [3.05, 3.63) is 23.3 Å². The summed E-state index contributed by atoms with van der Waals surface area (Å²) >= 11 is 6.12. The molecule has 2 nitrogen and oxygen atoms in total. The molecule has 0 amide bonds. The fourth-order valence-corrected chi connectivity index (χ4v) is 3.79. The third-order valence-electron chi connectivity index (χ3n) is 4.04. The van der Waals surface area contributed by atoms with Crippen molar-refractivity contribution in [2.75, 3.05) is 0 Å². The summed E-state index contributed by atoms with van der Waals surface area (Å²) in [5.41, 5.74) is 0. The van der Waals surface area contributed by atoms with Gasteiger partial charge in [0.1, 0.15) is 11.9 Å². The van der Waals surface area contributed by atoms with E-state index in [1.807, 2.05) is 6.08 Å². The second-order valence-electron chi connectivity index (χ2n) is 4.57. The first-order chi connectivity index (χ1) is 6.77. The molecule has 4 rings (SSSR count). The lowest BCUT2D eigenvalue weighted by Crippen LogP contribution is -2.43. The van der Waals surface area contributed by atoms with Gasteiger partial charge in [-0.15, -0.1) is 0 Å². The zero-order valence-electron chi connectivity index (χ0n) is 7.39. The van der Waals surface area contributed by atoms with Gasteiger partial charge in [0, 0.05) is 22.8 Å². The minimum Gasteiger partial charge on any atom is -0.367 e. The van der Waals surface area contributed by atoms with Crippen molar-refractivity contribution in [2.24, 2.45) is 23.7 Å². The van der Waals surface area contributed by atoms with E-state index in [2.05, 4.69) is 12.2 Å². The molecule has 4 aliphatic rings. The molecule has 6 unspecified atom stereocenters. The van der Waals surface area contributed by atoms with Gasteiger partial charge in [-0.05, 0) is 0 Å². The van der Waals surface area contributed by atoms with Gasteiger partial charge in [0.25, 0.3) is 0 Å². The molecule has 0 aromatic rings. The fourth-order valence-electron chi connectivity index (χ4n) is 3.46. The highest BCUT2D eigenvalue weighted by atomic mass is 35.5. The molecule has 5 bridgehead atoms. The first-order valence-corrected chi connectivity index (χ1v) is 5.40. The summed E-state index contributed by atoms with van der Waals surface area (Å²) in [6.45, 7) is 0. The van der Waals surface area contributed by atoms with Crippen molar-refractivity contribution in [1.82, 2.24) is 0 Å². The lowest BCUT2D eigenvalue weighted by molar-refractivity contribution is -0.129. The van der Waals surface area contributed by atoms with Gasteiger partial charge in [0.15, 0.2) is 0 Å². The molecular formula is C11H9ClO2. The van der Waals surface area contributed by atoms with Gasteiger partial charge < -0.3 is 4.74 Å². The Morgan fingerprint density at radius 1 is 1.29 bits per heavy atom. The Kier molecular flexibility index (Phi) is 1.17. The predicted octanol–water partition coefficient (Wildman–Crippen LogP) is 1.51. The summed E-state index contributed by atoms with van der Waals surface area (Å²) in [6.07, 6.45) is 6.29. The number of halogens is 1. The van der Waals surface area contributed by atoms with Crippen LogP contribution in [0, 0.1) is 23.7 Å². The van der Waals surface area contributed by atoms with E-state index in [9.17, 15) is 4.79 Å². The van der Waals surface area contributed by atoms with Gasteiger partial charge in [0.05, 0.1) is 12.0 Å². The molecule has 1 heterocycles. The van der Waals surface area contributed by atoms with Gasteiger partial charge in [-0.3, -0.25) is 4.79 Å². The SMILES string of the molecule is O=C1C2C=C(Cl)C3OC4C2C=CC4C13. The van der Waals surface area contributed by atoms with Crippen LogP contribution in [-0.4, -0.2) is 18.0 Å². The topological polar surface area (TPSA) is 26.3 Å². The molecule has 2 fully saturated rings. The Hall–Kier alpha value is -0.600. The molecule has 72 valence electrons. The lowest BCUT2D eigenvalue weighted by Gasteiger charge is -2.33. The minimum absolute atomic E-state index is 0.00810. The average Bonchev–Trinajstić information content (AvgIpc) is 2.60. The van der Waals surface area contributed by atoms with Gasteiger partial charge in [-0.25, -0.2) is 0 Å². The second-order valence-corrected chi connectivity index (χ2v) is 5.00. The number of hydrogen-bond donors (Lipinski definition) is 0. The first kappa shape index (κ1) is 7.66. The number of Topliss-reactive ketones (excluding diaryl/α,β-unsaturated/α-hetero) is 1. The Morgan fingerprint density at radius 3 is 2.93 bits per heavy atom. The maximum atomic E-state index is 12.0. The molecule has 14 heavy (non-hydrogen) atoms. The van der Waals surface area contributed by atoms with Crippen molar-refractivity contribution in [3.8, 4) is 0 Å². The zero-order valence-corrected chi connectivity index (χ0v) is 8.15. The van der Waals surface area contributed by atoms with Crippen LogP contribution >= 0.6 is 11.6 Å². The fraction of sp³-hybridized carbons (Fsp3) is 0.545. The minimum atomic E-state index is -0.134. The normalized spacial score (nSPS) is 56.9. The maximum Gasteiger partial charge on any atom is 0.147 e. The number of hydrogen-bond acceptors (Lipinski definition) is 2. The Labute approximate surface area is 86.6 Å². The highest BCUT2D eigenvalue weighted by Gasteiger charge is 2.62. The van der Waals surface area contributed by atoms with Crippen LogP contribution in [0.4, 0.5) is 0 Å². The Bertz CT molecular complexity index is 398. The van der Waals surface area contributed by atoms with Crippen LogP contribution in [0.2, 0.25) is 0 Å². The van der Waals surface area contributed by atoms with Crippen molar-refractivity contribution < 1.29 is 9.53 Å². The average molecular weight is 209 g/mol. The highest BCUT2D eigenvalue weighted by Crippen LogP contribution is 2.56. The number of carbonyl (C=O) groups is 1. The number of ketones is 1. The molecule has 1 saturated carbocycles. The molecule has 6 atom stereocenters. The van der Waals surface area contributed by atoms with Crippen LogP contribution in [0.25, 0.3) is 0 Å². The summed E-state index contributed by atoms with van der Waals surface area (Å²) in [6, 6.07) is 0. The predicted molar refractivity (Wildman–Crippen MR) is 50.7 cm³/mol. The molecule has 3 heteroatoms. The van der Waals surface area contributed by atoms with E-state index in [0.29, 0.717) is 11.7 Å². The third kappa shape index (κ3) is 0.625. The number of rotatable bonds is 0. The van der Waals surface area contributed by atoms with E-state index in [1.54, 1.807) is 0 Å². The van der Waals surface area contributed by atoms with E-state index in [-0.39, 0.29) is 30.0 Å². The van der Waals surface area contributed by atoms with Crippen molar-refractivity contribution in [2.45, 2.75) is 12.2 Å². The molecule has 1 saturated heterocycles. The molecule has 0 spiro atoms. The summed E-state index contributed by atoms with van der Waals surface area (Å²) in [5.74, 6) is 0.901. The lowest BCUT2D eigenvalue weighted by atomic mass is 9.67. The van der Waals surface area contributed by atoms with Crippen LogP contribution in [0.15, 0.2) is 23.3 Å². The summed E-state index contributed by atoms with van der Waals surface area (Å²) < 4.78 is 5.86. The van der Waals surface area contributed by atoms with Gasteiger partial charge in [-0.2, -0.15) is 0 Å². The van der Waals surface area contributed by atoms with E-state index in [0.717, 1.165) is 5.03 Å². The quantitative estimate of drug-likeness (QED) is 0.564. The van der Waals surface area contributed by atoms with E-state index < -0.39 is 0 Å². The van der Waals surface area contributed by atoms with Gasteiger partial charge in [0.2, 0.25) is 0 Å². The molecule has 3 aliphatic carbocycles. The summed E-state index contributed by atoms with van der Waals surface area (Å²) in [7, 11) is 0. The number of ether oxygens (including phenoxy) is 1. The monoisotopic (exact) mass is 208 g/mol. The molecule has 1 aliphatic heterocycles. The second kappa shape index (κ2) is 2.15. The Morgan fingerprint density at radius 2 is 2.07 bits per heavy atom. The maximum absolute atomic E-state index is 12.0. The molecule has 0 radical (unpaired) electrons. The van der Waals surface area contributed by atoms with Crippen molar-refractivity contribution >= 4 is 17.4 Å². The standard InChI is InChI=1S/C11H9ClO2/c12-7-3-6-4-1-2-5-8(9(6)13)11(7)14-10(4)5/h1-6,8,10-11H. The molecule has 0 N–H and O–H groups in total. The van der Waals surface area contributed by atoms with Crippen LogP contribution in [0.5, 0.6) is 0 Å². The van der Waals surface area contributed by atoms with Crippen molar-refractivity contribution in [1.29, 1.82) is 0 Å². The van der Waals surface area contributed by atoms with Crippen LogP contribution in [0.3, 0.4) is 0 Å². The van der Waals surface area contributed by atoms with Crippen LogP contribution in [-0.2, 0) is 9.53 Å². The van der Waals surface area contributed by atoms with Crippen LogP contribution in [0.1, 0.15) is 0 Å². The number of fused-ring (bicyclic) bond motifs is 2. The number of carbonyl (C=O) groups excluding carboxylic acids is 1. The summed E-state index contributed by atoms with van der Waals surface area (Å²) in [5, 5.41) is 0.748. The van der Waals surface area contributed by atoms with Crippen molar-refractivity contribution in [3.63, 3.8) is 0 Å². The van der Waals surface area contributed by atoms with Crippen LogP contribution < -0.4 is 0 Å². The van der Waals surface area contributed by atoms with E-state index >= 15 is 0 Å².